The van der Waals surface area contributed by atoms with Crippen LogP contribution in [0.4, 0.5) is 5.82 Å². The highest BCUT2D eigenvalue weighted by molar-refractivity contribution is 5.94. The second kappa shape index (κ2) is 4.94. The molecule has 2 heterocycles. The molecule has 0 aromatic carbocycles. The van der Waals surface area contributed by atoms with Crippen LogP contribution in [0.25, 0.3) is 0 Å². The molecule has 98 valence electrons. The number of aromatic nitrogens is 1. The average molecular weight is 248 g/mol. The van der Waals surface area contributed by atoms with Crippen LogP contribution in [0.2, 0.25) is 0 Å². The van der Waals surface area contributed by atoms with E-state index in [2.05, 4.69) is 29.0 Å². The molecule has 2 unspecified atom stereocenters. The number of rotatable bonds is 2. The molecule has 1 aromatic rings. The quantitative estimate of drug-likeness (QED) is 0.807. The van der Waals surface area contributed by atoms with Gasteiger partial charge in [0, 0.05) is 25.2 Å². The van der Waals surface area contributed by atoms with Crippen molar-refractivity contribution in [2.24, 2.45) is 5.73 Å². The molecule has 3 N–H and O–H groups in total. The molecule has 0 radical (unpaired) electrons. The van der Waals surface area contributed by atoms with Gasteiger partial charge in [-0.1, -0.05) is 0 Å². The van der Waals surface area contributed by atoms with Gasteiger partial charge in [-0.3, -0.25) is 4.79 Å². The van der Waals surface area contributed by atoms with Gasteiger partial charge in [0.15, 0.2) is 0 Å². The third-order valence-corrected chi connectivity index (χ3v) is 3.22. The molecule has 2 atom stereocenters. The molecule has 1 aromatic heterocycles. The smallest absolute Gasteiger partial charge is 0.250 e. The van der Waals surface area contributed by atoms with Gasteiger partial charge in [0.1, 0.15) is 5.82 Å². The van der Waals surface area contributed by atoms with Gasteiger partial charge in [0.25, 0.3) is 5.91 Å². The average Bonchev–Trinajstić information content (AvgIpc) is 2.26. The van der Waals surface area contributed by atoms with E-state index in [4.69, 9.17) is 5.73 Å². The summed E-state index contributed by atoms with van der Waals surface area (Å²) < 4.78 is 0. The van der Waals surface area contributed by atoms with E-state index in [0.717, 1.165) is 18.9 Å². The topological polar surface area (TPSA) is 71.2 Å². The van der Waals surface area contributed by atoms with Crippen molar-refractivity contribution >= 4 is 11.7 Å². The van der Waals surface area contributed by atoms with Gasteiger partial charge >= 0.3 is 0 Å². The molecule has 5 nitrogen and oxygen atoms in total. The molecule has 1 fully saturated rings. The molecular weight excluding hydrogens is 228 g/mol. The van der Waals surface area contributed by atoms with Crippen LogP contribution in [-0.2, 0) is 0 Å². The third kappa shape index (κ3) is 2.61. The Morgan fingerprint density at radius 3 is 2.50 bits per heavy atom. The van der Waals surface area contributed by atoms with Gasteiger partial charge < -0.3 is 16.0 Å². The van der Waals surface area contributed by atoms with E-state index >= 15 is 0 Å². The van der Waals surface area contributed by atoms with Crippen molar-refractivity contribution in [1.29, 1.82) is 0 Å². The number of piperazine rings is 1. The Bertz CT molecular complexity index is 450. The molecule has 18 heavy (non-hydrogen) atoms. The fourth-order valence-electron chi connectivity index (χ4n) is 2.50. The molecule has 1 saturated heterocycles. The SMILES string of the molecule is Cc1nc(N2CC(C)NC(C)C2)ccc1C(N)=O. The molecule has 0 spiro atoms. The molecule has 1 amide bonds. The van der Waals surface area contributed by atoms with Gasteiger partial charge in [-0.2, -0.15) is 0 Å². The lowest BCUT2D eigenvalue weighted by Crippen LogP contribution is -2.54. The maximum Gasteiger partial charge on any atom is 0.250 e. The van der Waals surface area contributed by atoms with Crippen molar-refractivity contribution in [2.75, 3.05) is 18.0 Å². The zero-order valence-electron chi connectivity index (χ0n) is 11.1. The number of carbonyl (C=O) groups excluding carboxylic acids is 1. The monoisotopic (exact) mass is 248 g/mol. The normalized spacial score (nSPS) is 24.1. The maximum atomic E-state index is 11.2. The van der Waals surface area contributed by atoms with Gasteiger partial charge in [0.05, 0.1) is 11.3 Å². The summed E-state index contributed by atoms with van der Waals surface area (Å²) >= 11 is 0. The first-order valence-electron chi connectivity index (χ1n) is 6.26. The van der Waals surface area contributed by atoms with Crippen molar-refractivity contribution in [3.63, 3.8) is 0 Å². The molecule has 1 aliphatic rings. The van der Waals surface area contributed by atoms with Crippen LogP contribution in [0, 0.1) is 6.92 Å². The van der Waals surface area contributed by atoms with E-state index in [1.54, 1.807) is 6.07 Å². The number of hydrogen-bond donors (Lipinski definition) is 2. The van der Waals surface area contributed by atoms with E-state index in [9.17, 15) is 4.79 Å². The largest absolute Gasteiger partial charge is 0.366 e. The number of amides is 1. The number of hydrogen-bond acceptors (Lipinski definition) is 4. The van der Waals surface area contributed by atoms with Crippen molar-refractivity contribution < 1.29 is 4.79 Å². The first-order valence-corrected chi connectivity index (χ1v) is 6.26. The summed E-state index contributed by atoms with van der Waals surface area (Å²) in [7, 11) is 0. The Hall–Kier alpha value is -1.62. The van der Waals surface area contributed by atoms with Crippen LogP contribution in [0.3, 0.4) is 0 Å². The summed E-state index contributed by atoms with van der Waals surface area (Å²) in [6.45, 7) is 7.98. The number of nitrogens with two attached hydrogens (primary N) is 1. The minimum Gasteiger partial charge on any atom is -0.366 e. The molecule has 0 aliphatic carbocycles. The van der Waals surface area contributed by atoms with Gasteiger partial charge in [-0.25, -0.2) is 4.98 Å². The summed E-state index contributed by atoms with van der Waals surface area (Å²) in [5, 5.41) is 3.48. The zero-order valence-corrected chi connectivity index (χ0v) is 11.1. The van der Waals surface area contributed by atoms with Crippen LogP contribution in [0.1, 0.15) is 29.9 Å². The highest BCUT2D eigenvalue weighted by Crippen LogP contribution is 2.17. The third-order valence-electron chi connectivity index (χ3n) is 3.22. The number of pyridine rings is 1. The lowest BCUT2D eigenvalue weighted by molar-refractivity contribution is 0.0999. The number of aryl methyl sites for hydroxylation is 1. The number of carbonyl (C=O) groups is 1. The lowest BCUT2D eigenvalue weighted by Gasteiger charge is -2.37. The Morgan fingerprint density at radius 2 is 2.00 bits per heavy atom. The zero-order chi connectivity index (χ0) is 13.3. The second-order valence-electron chi connectivity index (χ2n) is 5.04. The van der Waals surface area contributed by atoms with Crippen molar-refractivity contribution in [2.45, 2.75) is 32.9 Å². The summed E-state index contributed by atoms with van der Waals surface area (Å²) in [6, 6.07) is 4.51. The van der Waals surface area contributed by atoms with Crippen LogP contribution in [0.5, 0.6) is 0 Å². The molecule has 5 heteroatoms. The van der Waals surface area contributed by atoms with Crippen LogP contribution < -0.4 is 16.0 Å². The second-order valence-corrected chi connectivity index (χ2v) is 5.04. The molecule has 1 aliphatic heterocycles. The maximum absolute atomic E-state index is 11.2. The van der Waals surface area contributed by atoms with E-state index in [1.807, 2.05) is 13.0 Å². The number of anilines is 1. The number of nitrogens with zero attached hydrogens (tertiary/aromatic N) is 2. The lowest BCUT2D eigenvalue weighted by atomic mass is 10.1. The highest BCUT2D eigenvalue weighted by atomic mass is 16.1. The Balaban J connectivity index is 2.23. The first kappa shape index (κ1) is 12.8. The number of nitrogens with one attached hydrogen (secondary N) is 1. The van der Waals surface area contributed by atoms with Gasteiger partial charge in [-0.15, -0.1) is 0 Å². The summed E-state index contributed by atoms with van der Waals surface area (Å²) in [5.41, 5.74) is 6.47. The van der Waals surface area contributed by atoms with E-state index in [0.29, 0.717) is 23.3 Å². The van der Waals surface area contributed by atoms with Crippen molar-refractivity contribution in [1.82, 2.24) is 10.3 Å². The van der Waals surface area contributed by atoms with E-state index < -0.39 is 5.91 Å². The van der Waals surface area contributed by atoms with Crippen LogP contribution in [-0.4, -0.2) is 36.1 Å². The van der Waals surface area contributed by atoms with Crippen LogP contribution in [0.15, 0.2) is 12.1 Å². The Morgan fingerprint density at radius 1 is 1.39 bits per heavy atom. The summed E-state index contributed by atoms with van der Waals surface area (Å²) in [6.07, 6.45) is 0. The summed E-state index contributed by atoms with van der Waals surface area (Å²) in [5.74, 6) is 0.492. The fraction of sp³-hybridized carbons (Fsp3) is 0.538. The van der Waals surface area contributed by atoms with Gasteiger partial charge in [0.2, 0.25) is 0 Å². The predicted octanol–water partition coefficient (Wildman–Crippen LogP) is 0.676. The standard InChI is InChI=1S/C13H20N4O/c1-8-6-17(7-9(2)15-8)12-5-4-11(13(14)18)10(3)16-12/h4-5,8-9,15H,6-7H2,1-3H3,(H2,14,18). The minimum atomic E-state index is -0.423. The molecule has 0 saturated carbocycles. The molecular formula is C13H20N4O. The fourth-order valence-corrected chi connectivity index (χ4v) is 2.50. The first-order chi connectivity index (χ1) is 8.47. The van der Waals surface area contributed by atoms with E-state index in [-0.39, 0.29) is 0 Å². The van der Waals surface area contributed by atoms with Crippen LogP contribution >= 0.6 is 0 Å². The number of primary amides is 1. The summed E-state index contributed by atoms with van der Waals surface area (Å²) in [4.78, 5) is 17.9. The highest BCUT2D eigenvalue weighted by Gasteiger charge is 2.22. The van der Waals surface area contributed by atoms with Crippen molar-refractivity contribution in [3.8, 4) is 0 Å². The predicted molar refractivity (Wildman–Crippen MR) is 71.8 cm³/mol. The Labute approximate surface area is 107 Å². The van der Waals surface area contributed by atoms with E-state index in [1.165, 1.54) is 0 Å². The van der Waals surface area contributed by atoms with Gasteiger partial charge in [-0.05, 0) is 32.9 Å². The molecule has 2 rings (SSSR count). The Kier molecular flexibility index (Phi) is 3.52. The minimum absolute atomic E-state index is 0.423. The molecule has 0 bridgehead atoms. The van der Waals surface area contributed by atoms with Crippen molar-refractivity contribution in [3.05, 3.63) is 23.4 Å².